The van der Waals surface area contributed by atoms with Crippen molar-refractivity contribution in [2.45, 2.75) is 45.4 Å². The van der Waals surface area contributed by atoms with Gasteiger partial charge in [0, 0.05) is 0 Å². The molecule has 0 N–H and O–H groups in total. The molecule has 0 aliphatic heterocycles. The fourth-order valence-electron chi connectivity index (χ4n) is 2.72. The van der Waals surface area contributed by atoms with Crippen molar-refractivity contribution in [3.63, 3.8) is 0 Å². The summed E-state index contributed by atoms with van der Waals surface area (Å²) in [5.41, 5.74) is 0.811. The maximum atomic E-state index is 12.5. The predicted octanol–water partition coefficient (Wildman–Crippen LogP) is 5.29. The van der Waals surface area contributed by atoms with Gasteiger partial charge in [0.25, 0.3) is 0 Å². The molecule has 0 saturated heterocycles. The van der Waals surface area contributed by atoms with Gasteiger partial charge in [-0.15, -0.1) is 0 Å². The van der Waals surface area contributed by atoms with Crippen LogP contribution in [0.3, 0.4) is 0 Å². The SMILES string of the molecule is CCCCCCCCOC(=O)c1ccccc1C(=O)Oc1ccc(C#N)cc1. The number of hydrogen-bond donors (Lipinski definition) is 0. The van der Waals surface area contributed by atoms with Gasteiger partial charge in [0.15, 0.2) is 0 Å². The number of carbonyl (C=O) groups is 2. The molecule has 0 aliphatic rings. The van der Waals surface area contributed by atoms with Crippen LogP contribution in [-0.4, -0.2) is 18.5 Å². The Labute approximate surface area is 165 Å². The second-order valence-electron chi connectivity index (χ2n) is 6.47. The van der Waals surface area contributed by atoms with E-state index in [0.29, 0.717) is 17.9 Å². The fourth-order valence-corrected chi connectivity index (χ4v) is 2.72. The van der Waals surface area contributed by atoms with Crippen molar-refractivity contribution in [3.05, 3.63) is 65.2 Å². The van der Waals surface area contributed by atoms with E-state index in [1.165, 1.54) is 37.5 Å². The third-order valence-electron chi connectivity index (χ3n) is 4.29. The van der Waals surface area contributed by atoms with Crippen molar-refractivity contribution >= 4 is 11.9 Å². The van der Waals surface area contributed by atoms with Gasteiger partial charge in [-0.3, -0.25) is 0 Å². The number of hydrogen-bond acceptors (Lipinski definition) is 5. The molecule has 0 heterocycles. The number of nitriles is 1. The van der Waals surface area contributed by atoms with E-state index >= 15 is 0 Å². The van der Waals surface area contributed by atoms with E-state index in [4.69, 9.17) is 14.7 Å². The van der Waals surface area contributed by atoms with Crippen molar-refractivity contribution in [3.8, 4) is 11.8 Å². The Morgan fingerprint density at radius 1 is 0.857 bits per heavy atom. The summed E-state index contributed by atoms with van der Waals surface area (Å²) in [6, 6.07) is 14.6. The van der Waals surface area contributed by atoms with E-state index in [2.05, 4.69) is 6.92 Å². The van der Waals surface area contributed by atoms with Crippen molar-refractivity contribution in [1.82, 2.24) is 0 Å². The lowest BCUT2D eigenvalue weighted by molar-refractivity contribution is 0.0489. The topological polar surface area (TPSA) is 76.4 Å². The maximum absolute atomic E-state index is 12.5. The highest BCUT2D eigenvalue weighted by atomic mass is 16.5. The number of ether oxygens (including phenoxy) is 2. The molecule has 0 saturated carbocycles. The Kier molecular flexibility index (Phi) is 8.74. The summed E-state index contributed by atoms with van der Waals surface area (Å²) in [5, 5.41) is 8.82. The molecule has 0 spiro atoms. The van der Waals surface area contributed by atoms with Gasteiger partial charge in [-0.1, -0.05) is 51.2 Å². The van der Waals surface area contributed by atoms with Crippen molar-refractivity contribution in [2.75, 3.05) is 6.61 Å². The second kappa shape index (κ2) is 11.6. The lowest BCUT2D eigenvalue weighted by Gasteiger charge is -2.10. The van der Waals surface area contributed by atoms with Crippen LogP contribution in [0.25, 0.3) is 0 Å². The summed E-state index contributed by atoms with van der Waals surface area (Å²) >= 11 is 0. The van der Waals surface area contributed by atoms with E-state index in [9.17, 15) is 9.59 Å². The van der Waals surface area contributed by atoms with Crippen molar-refractivity contribution < 1.29 is 19.1 Å². The van der Waals surface area contributed by atoms with Crippen LogP contribution in [0.15, 0.2) is 48.5 Å². The van der Waals surface area contributed by atoms with Crippen molar-refractivity contribution in [1.29, 1.82) is 5.26 Å². The Balaban J connectivity index is 1.92. The van der Waals surface area contributed by atoms with Crippen LogP contribution in [0.4, 0.5) is 0 Å². The summed E-state index contributed by atoms with van der Waals surface area (Å²) in [6.45, 7) is 2.51. The molecule has 28 heavy (non-hydrogen) atoms. The molecule has 0 aromatic heterocycles. The zero-order valence-corrected chi connectivity index (χ0v) is 16.1. The summed E-state index contributed by atoms with van der Waals surface area (Å²) in [6.07, 6.45) is 6.61. The number of rotatable bonds is 10. The molecule has 146 valence electrons. The number of carbonyl (C=O) groups excluding carboxylic acids is 2. The minimum absolute atomic E-state index is 0.153. The highest BCUT2D eigenvalue weighted by Crippen LogP contribution is 2.17. The normalized spacial score (nSPS) is 10.1. The van der Waals surface area contributed by atoms with E-state index in [0.717, 1.165) is 19.3 Å². The zero-order valence-electron chi connectivity index (χ0n) is 16.1. The van der Waals surface area contributed by atoms with Crippen LogP contribution in [0, 0.1) is 11.3 Å². The molecule has 0 amide bonds. The first-order valence-electron chi connectivity index (χ1n) is 9.64. The third kappa shape index (κ3) is 6.55. The molecule has 2 aromatic rings. The predicted molar refractivity (Wildman–Crippen MR) is 106 cm³/mol. The molecule has 0 fully saturated rings. The van der Waals surface area contributed by atoms with Gasteiger partial charge < -0.3 is 9.47 Å². The minimum atomic E-state index is -0.642. The Morgan fingerprint density at radius 2 is 1.46 bits per heavy atom. The first-order valence-corrected chi connectivity index (χ1v) is 9.64. The summed E-state index contributed by atoms with van der Waals surface area (Å²) in [7, 11) is 0. The van der Waals surface area contributed by atoms with E-state index in [1.54, 1.807) is 30.3 Å². The number of benzene rings is 2. The molecule has 0 unspecified atom stereocenters. The smallest absolute Gasteiger partial charge is 0.344 e. The average Bonchev–Trinajstić information content (AvgIpc) is 2.73. The molecule has 2 rings (SSSR count). The van der Waals surface area contributed by atoms with Crippen LogP contribution in [0.5, 0.6) is 5.75 Å². The molecule has 5 heteroatoms. The number of esters is 2. The van der Waals surface area contributed by atoms with Gasteiger partial charge in [0.2, 0.25) is 0 Å². The second-order valence-corrected chi connectivity index (χ2v) is 6.47. The van der Waals surface area contributed by atoms with Gasteiger partial charge in [0.1, 0.15) is 5.75 Å². The van der Waals surface area contributed by atoms with Crippen molar-refractivity contribution in [2.24, 2.45) is 0 Å². The zero-order chi connectivity index (χ0) is 20.2. The van der Waals surface area contributed by atoms with Gasteiger partial charge in [-0.2, -0.15) is 5.26 Å². The first-order chi connectivity index (χ1) is 13.7. The molecular formula is C23H25NO4. The molecular weight excluding hydrogens is 354 g/mol. The fraction of sp³-hybridized carbons (Fsp3) is 0.348. The highest BCUT2D eigenvalue weighted by molar-refractivity contribution is 6.03. The molecule has 0 radical (unpaired) electrons. The monoisotopic (exact) mass is 379 g/mol. The number of nitrogens with zero attached hydrogens (tertiary/aromatic N) is 1. The van der Waals surface area contributed by atoms with E-state index in [1.807, 2.05) is 6.07 Å². The average molecular weight is 379 g/mol. The first kappa shape index (κ1) is 21.2. The standard InChI is InChI=1S/C23H25NO4/c1-2-3-4-5-6-9-16-27-22(25)20-10-7-8-11-21(20)23(26)28-19-14-12-18(17-24)13-15-19/h7-8,10-15H,2-6,9,16H2,1H3. The van der Waals surface area contributed by atoms with E-state index in [-0.39, 0.29) is 11.1 Å². The van der Waals surface area contributed by atoms with Crippen LogP contribution in [-0.2, 0) is 4.74 Å². The van der Waals surface area contributed by atoms with Gasteiger partial charge in [-0.25, -0.2) is 9.59 Å². The molecule has 5 nitrogen and oxygen atoms in total. The Bertz CT molecular complexity index is 821. The van der Waals surface area contributed by atoms with Crippen LogP contribution >= 0.6 is 0 Å². The third-order valence-corrected chi connectivity index (χ3v) is 4.29. The summed E-state index contributed by atoms with van der Waals surface area (Å²) in [4.78, 5) is 24.9. The quantitative estimate of drug-likeness (QED) is 0.318. The molecule has 0 atom stereocenters. The lowest BCUT2D eigenvalue weighted by atomic mass is 10.1. The minimum Gasteiger partial charge on any atom is -0.462 e. The molecule has 0 aliphatic carbocycles. The van der Waals surface area contributed by atoms with Crippen LogP contribution in [0.1, 0.15) is 71.7 Å². The summed E-state index contributed by atoms with van der Waals surface area (Å²) < 4.78 is 10.6. The Morgan fingerprint density at radius 3 is 2.11 bits per heavy atom. The largest absolute Gasteiger partial charge is 0.462 e. The lowest BCUT2D eigenvalue weighted by Crippen LogP contribution is -2.16. The van der Waals surface area contributed by atoms with Crippen LogP contribution in [0.2, 0.25) is 0 Å². The summed E-state index contributed by atoms with van der Waals surface area (Å²) in [5.74, 6) is -0.864. The van der Waals surface area contributed by atoms with Gasteiger partial charge in [0.05, 0.1) is 29.4 Å². The Hall–Kier alpha value is -3.13. The van der Waals surface area contributed by atoms with E-state index < -0.39 is 11.9 Å². The van der Waals surface area contributed by atoms with Gasteiger partial charge in [-0.05, 0) is 42.8 Å². The maximum Gasteiger partial charge on any atom is 0.344 e. The number of unbranched alkanes of at least 4 members (excludes halogenated alkanes) is 5. The van der Waals surface area contributed by atoms with Gasteiger partial charge >= 0.3 is 11.9 Å². The van der Waals surface area contributed by atoms with Crippen LogP contribution < -0.4 is 4.74 Å². The molecule has 0 bridgehead atoms. The highest BCUT2D eigenvalue weighted by Gasteiger charge is 2.19. The molecule has 2 aromatic carbocycles.